The molecule has 2 atom stereocenters. The molecule has 0 aliphatic carbocycles. The van der Waals surface area contributed by atoms with Gasteiger partial charge in [0.1, 0.15) is 5.75 Å². The lowest BCUT2D eigenvalue weighted by Crippen LogP contribution is -2.49. The van der Waals surface area contributed by atoms with Crippen LogP contribution in [0.15, 0.2) is 53.1 Å². The molecule has 2 fully saturated rings. The number of halogens is 3. The standard InChI is InChI=1S/C24H24F3N3O3/c1-32-20-5-3-2-4-19(20)23(31)12-17-10-11-18(13-23)30(17)14-21-28-22(29-33-21)15-6-8-16(9-7-15)24(25,26)27/h2-9,17-18,31H,10-14H2,1H3/t17-,18-/m1/s1. The predicted molar refractivity (Wildman–Crippen MR) is 113 cm³/mol. The predicted octanol–water partition coefficient (Wildman–Crippen LogP) is 4.78. The van der Waals surface area contributed by atoms with E-state index in [-0.39, 0.29) is 17.9 Å². The Bertz CT molecular complexity index is 1120. The summed E-state index contributed by atoms with van der Waals surface area (Å²) in [6.45, 7) is 0.435. The Kier molecular flexibility index (Phi) is 5.41. The van der Waals surface area contributed by atoms with Crippen LogP contribution in [0.1, 0.15) is 42.7 Å². The number of hydrogen-bond donors (Lipinski definition) is 1. The fourth-order valence-electron chi connectivity index (χ4n) is 5.22. The van der Waals surface area contributed by atoms with E-state index in [4.69, 9.17) is 9.26 Å². The molecule has 2 bridgehead atoms. The molecule has 0 spiro atoms. The van der Waals surface area contributed by atoms with Crippen LogP contribution in [-0.2, 0) is 18.3 Å². The maximum absolute atomic E-state index is 12.8. The van der Waals surface area contributed by atoms with E-state index >= 15 is 0 Å². The summed E-state index contributed by atoms with van der Waals surface area (Å²) in [5.74, 6) is 1.35. The first-order valence-electron chi connectivity index (χ1n) is 10.9. The largest absolute Gasteiger partial charge is 0.496 e. The molecule has 2 aliphatic rings. The van der Waals surface area contributed by atoms with E-state index in [9.17, 15) is 18.3 Å². The van der Waals surface area contributed by atoms with Crippen molar-refractivity contribution in [1.82, 2.24) is 15.0 Å². The number of ether oxygens (including phenoxy) is 1. The molecule has 33 heavy (non-hydrogen) atoms. The van der Waals surface area contributed by atoms with Gasteiger partial charge in [-0.1, -0.05) is 35.5 Å². The molecule has 0 unspecified atom stereocenters. The number of hydrogen-bond acceptors (Lipinski definition) is 6. The summed E-state index contributed by atoms with van der Waals surface area (Å²) in [5, 5.41) is 15.5. The number of fused-ring (bicyclic) bond motifs is 2. The molecule has 0 saturated carbocycles. The highest BCUT2D eigenvalue weighted by molar-refractivity contribution is 5.54. The third-order valence-corrected chi connectivity index (χ3v) is 6.78. The maximum Gasteiger partial charge on any atom is 0.416 e. The first-order chi connectivity index (χ1) is 15.8. The van der Waals surface area contributed by atoms with Crippen molar-refractivity contribution in [2.75, 3.05) is 7.11 Å². The minimum Gasteiger partial charge on any atom is -0.496 e. The Morgan fingerprint density at radius 1 is 1.09 bits per heavy atom. The van der Waals surface area contributed by atoms with Crippen LogP contribution in [0.3, 0.4) is 0 Å². The van der Waals surface area contributed by atoms with Crippen molar-refractivity contribution in [3.63, 3.8) is 0 Å². The normalized spacial score (nSPS) is 25.4. The lowest BCUT2D eigenvalue weighted by atomic mass is 9.80. The Morgan fingerprint density at radius 3 is 2.39 bits per heavy atom. The van der Waals surface area contributed by atoms with E-state index < -0.39 is 17.3 Å². The number of aliphatic hydroxyl groups is 1. The van der Waals surface area contributed by atoms with Crippen LogP contribution in [0.4, 0.5) is 13.2 Å². The van der Waals surface area contributed by atoms with Gasteiger partial charge in [-0.3, -0.25) is 4.90 Å². The van der Waals surface area contributed by atoms with E-state index in [1.54, 1.807) is 7.11 Å². The molecule has 2 saturated heterocycles. The molecule has 0 radical (unpaired) electrons. The molecule has 3 heterocycles. The zero-order chi connectivity index (χ0) is 23.2. The third-order valence-electron chi connectivity index (χ3n) is 6.78. The van der Waals surface area contributed by atoms with Gasteiger partial charge in [0.05, 0.1) is 24.8 Å². The number of benzene rings is 2. The van der Waals surface area contributed by atoms with Gasteiger partial charge in [0, 0.05) is 23.2 Å². The number of methoxy groups -OCH3 is 1. The second-order valence-electron chi connectivity index (χ2n) is 8.78. The van der Waals surface area contributed by atoms with Gasteiger partial charge >= 0.3 is 6.18 Å². The minimum absolute atomic E-state index is 0.153. The smallest absolute Gasteiger partial charge is 0.416 e. The van der Waals surface area contributed by atoms with Crippen LogP contribution >= 0.6 is 0 Å². The highest BCUT2D eigenvalue weighted by Crippen LogP contribution is 2.48. The van der Waals surface area contributed by atoms with E-state index in [0.717, 1.165) is 30.5 Å². The highest BCUT2D eigenvalue weighted by Gasteiger charge is 2.49. The van der Waals surface area contributed by atoms with Crippen molar-refractivity contribution in [3.05, 3.63) is 65.5 Å². The first-order valence-corrected chi connectivity index (χ1v) is 10.9. The topological polar surface area (TPSA) is 71.6 Å². The Balaban J connectivity index is 1.31. The number of piperidine rings is 1. The second-order valence-corrected chi connectivity index (χ2v) is 8.78. The quantitative estimate of drug-likeness (QED) is 0.592. The van der Waals surface area contributed by atoms with E-state index in [1.807, 2.05) is 24.3 Å². The van der Waals surface area contributed by atoms with Gasteiger partial charge in [-0.25, -0.2) is 0 Å². The number of alkyl halides is 3. The number of aromatic nitrogens is 2. The summed E-state index contributed by atoms with van der Waals surface area (Å²) in [6, 6.07) is 12.6. The first kappa shape index (κ1) is 21.9. The van der Waals surface area contributed by atoms with Crippen molar-refractivity contribution >= 4 is 0 Å². The van der Waals surface area contributed by atoms with Crippen LogP contribution in [0.5, 0.6) is 5.75 Å². The molecule has 9 heteroatoms. The molecule has 3 aromatic rings. The molecule has 2 aromatic carbocycles. The minimum atomic E-state index is -4.39. The van der Waals surface area contributed by atoms with Gasteiger partial charge < -0.3 is 14.4 Å². The van der Waals surface area contributed by atoms with Crippen molar-refractivity contribution in [2.24, 2.45) is 0 Å². The summed E-state index contributed by atoms with van der Waals surface area (Å²) in [5.41, 5.74) is -0.409. The molecule has 174 valence electrons. The Morgan fingerprint density at radius 2 is 1.76 bits per heavy atom. The van der Waals surface area contributed by atoms with Gasteiger partial charge in [-0.15, -0.1) is 0 Å². The Hall–Kier alpha value is -2.91. The molecule has 1 aromatic heterocycles. The molecule has 1 N–H and O–H groups in total. The van der Waals surface area contributed by atoms with Gasteiger partial charge in [0.25, 0.3) is 0 Å². The number of nitrogens with zero attached hydrogens (tertiary/aromatic N) is 3. The van der Waals surface area contributed by atoms with E-state index in [2.05, 4.69) is 15.0 Å². The van der Waals surface area contributed by atoms with Gasteiger partial charge in [0.2, 0.25) is 11.7 Å². The fourth-order valence-corrected chi connectivity index (χ4v) is 5.22. The average molecular weight is 459 g/mol. The molecule has 0 amide bonds. The molecular formula is C24H24F3N3O3. The van der Waals surface area contributed by atoms with E-state index in [0.29, 0.717) is 36.6 Å². The van der Waals surface area contributed by atoms with Gasteiger partial charge in [-0.2, -0.15) is 18.2 Å². The van der Waals surface area contributed by atoms with Crippen LogP contribution < -0.4 is 4.74 Å². The molecular weight excluding hydrogens is 435 g/mol. The lowest BCUT2D eigenvalue weighted by molar-refractivity contribution is -0.137. The monoisotopic (exact) mass is 459 g/mol. The summed E-state index contributed by atoms with van der Waals surface area (Å²) >= 11 is 0. The van der Waals surface area contributed by atoms with Crippen LogP contribution in [-0.4, -0.2) is 39.3 Å². The third kappa shape index (κ3) is 4.11. The van der Waals surface area contributed by atoms with Crippen molar-refractivity contribution in [1.29, 1.82) is 0 Å². The summed E-state index contributed by atoms with van der Waals surface area (Å²) in [6.07, 6.45) is -1.32. The van der Waals surface area contributed by atoms with Crippen LogP contribution in [0, 0.1) is 0 Å². The summed E-state index contributed by atoms with van der Waals surface area (Å²) in [7, 11) is 1.61. The summed E-state index contributed by atoms with van der Waals surface area (Å²) in [4.78, 5) is 6.69. The zero-order valence-corrected chi connectivity index (χ0v) is 18.0. The van der Waals surface area contributed by atoms with Gasteiger partial charge in [-0.05, 0) is 43.9 Å². The van der Waals surface area contributed by atoms with Crippen molar-refractivity contribution in [3.8, 4) is 17.1 Å². The molecule has 5 rings (SSSR count). The second kappa shape index (κ2) is 8.14. The maximum atomic E-state index is 12.8. The van der Waals surface area contributed by atoms with Crippen LogP contribution in [0.25, 0.3) is 11.4 Å². The molecule has 2 aliphatic heterocycles. The average Bonchev–Trinajstić information content (AvgIpc) is 3.36. The summed E-state index contributed by atoms with van der Waals surface area (Å²) < 4.78 is 49.3. The van der Waals surface area contributed by atoms with Crippen molar-refractivity contribution in [2.45, 2.75) is 56.1 Å². The SMILES string of the molecule is COc1ccccc1C1(O)C[C@H]2CC[C@H](C1)N2Cc1nc(-c2ccc(C(F)(F)F)cc2)no1. The highest BCUT2D eigenvalue weighted by atomic mass is 19.4. The fraction of sp³-hybridized carbons (Fsp3) is 0.417. The number of rotatable bonds is 5. The lowest BCUT2D eigenvalue weighted by Gasteiger charge is -2.43. The van der Waals surface area contributed by atoms with E-state index in [1.165, 1.54) is 12.1 Å². The number of para-hydroxylation sites is 1. The Labute approximate surface area is 189 Å². The van der Waals surface area contributed by atoms with Gasteiger partial charge in [0.15, 0.2) is 0 Å². The zero-order valence-electron chi connectivity index (χ0n) is 18.0. The van der Waals surface area contributed by atoms with Crippen LogP contribution in [0.2, 0.25) is 0 Å². The van der Waals surface area contributed by atoms with Crippen molar-refractivity contribution < 1.29 is 27.5 Å². The molecule has 6 nitrogen and oxygen atoms in total.